The van der Waals surface area contributed by atoms with E-state index in [1.54, 1.807) is 11.3 Å². The molecule has 2 rings (SSSR count). The molecule has 0 aliphatic carbocycles. The highest BCUT2D eigenvalue weighted by Crippen LogP contribution is 2.21. The molecule has 0 saturated carbocycles. The first kappa shape index (κ1) is 12.0. The molecular weight excluding hydrogens is 223 g/mol. The van der Waals surface area contributed by atoms with Gasteiger partial charge in [0.25, 0.3) is 0 Å². The number of aromatic nitrogens is 1. The van der Waals surface area contributed by atoms with Crippen molar-refractivity contribution < 1.29 is 4.39 Å². The SMILES string of the molecule is Cc1nc(CC(F)C2CCCCN2)sc1C. The molecule has 0 radical (unpaired) electrons. The Balaban J connectivity index is 1.93. The molecule has 1 fully saturated rings. The molecule has 0 aromatic carbocycles. The van der Waals surface area contributed by atoms with Gasteiger partial charge in [-0.25, -0.2) is 9.37 Å². The van der Waals surface area contributed by atoms with E-state index < -0.39 is 6.17 Å². The first-order valence-electron chi connectivity index (χ1n) is 5.97. The van der Waals surface area contributed by atoms with Gasteiger partial charge in [0.2, 0.25) is 0 Å². The van der Waals surface area contributed by atoms with Gasteiger partial charge in [-0.2, -0.15) is 0 Å². The van der Waals surface area contributed by atoms with Crippen LogP contribution >= 0.6 is 11.3 Å². The second-order valence-electron chi connectivity index (χ2n) is 4.53. The van der Waals surface area contributed by atoms with E-state index in [2.05, 4.69) is 10.3 Å². The molecule has 0 spiro atoms. The maximum Gasteiger partial charge on any atom is 0.122 e. The van der Waals surface area contributed by atoms with Crippen LogP contribution in [0.25, 0.3) is 0 Å². The van der Waals surface area contributed by atoms with Crippen LogP contribution in [0.2, 0.25) is 0 Å². The van der Waals surface area contributed by atoms with Crippen molar-refractivity contribution in [1.29, 1.82) is 0 Å². The zero-order chi connectivity index (χ0) is 11.5. The number of hydrogen-bond acceptors (Lipinski definition) is 3. The number of alkyl halides is 1. The fraction of sp³-hybridized carbons (Fsp3) is 0.750. The molecule has 2 atom stereocenters. The maximum atomic E-state index is 14.0. The van der Waals surface area contributed by atoms with Crippen molar-refractivity contribution >= 4 is 11.3 Å². The molecule has 1 N–H and O–H groups in total. The molecule has 1 aliphatic rings. The predicted molar refractivity (Wildman–Crippen MR) is 65.8 cm³/mol. The smallest absolute Gasteiger partial charge is 0.122 e. The van der Waals surface area contributed by atoms with Crippen LogP contribution in [0.3, 0.4) is 0 Å². The number of nitrogens with zero attached hydrogens (tertiary/aromatic N) is 1. The average molecular weight is 242 g/mol. The lowest BCUT2D eigenvalue weighted by atomic mass is 9.99. The van der Waals surface area contributed by atoms with Crippen molar-refractivity contribution in [2.45, 2.75) is 51.7 Å². The summed E-state index contributed by atoms with van der Waals surface area (Å²) in [6.45, 7) is 4.99. The topological polar surface area (TPSA) is 24.9 Å². The van der Waals surface area contributed by atoms with Crippen LogP contribution in [0, 0.1) is 13.8 Å². The fourth-order valence-corrected chi connectivity index (χ4v) is 3.09. The van der Waals surface area contributed by atoms with Crippen LogP contribution in [0.4, 0.5) is 4.39 Å². The van der Waals surface area contributed by atoms with Gasteiger partial charge in [0.05, 0.1) is 10.7 Å². The van der Waals surface area contributed by atoms with Crippen molar-refractivity contribution in [1.82, 2.24) is 10.3 Å². The Morgan fingerprint density at radius 1 is 1.50 bits per heavy atom. The highest BCUT2D eigenvalue weighted by atomic mass is 32.1. The Hall–Kier alpha value is -0.480. The monoisotopic (exact) mass is 242 g/mol. The van der Waals surface area contributed by atoms with Gasteiger partial charge in [-0.3, -0.25) is 0 Å². The van der Waals surface area contributed by atoms with Gasteiger partial charge in [-0.1, -0.05) is 6.42 Å². The van der Waals surface area contributed by atoms with Crippen LogP contribution in [-0.2, 0) is 6.42 Å². The Bertz CT molecular complexity index is 325. The van der Waals surface area contributed by atoms with Crippen LogP contribution in [0.5, 0.6) is 0 Å². The number of thiazole rings is 1. The molecule has 2 nitrogen and oxygen atoms in total. The summed E-state index contributed by atoms with van der Waals surface area (Å²) in [5.41, 5.74) is 1.05. The Morgan fingerprint density at radius 2 is 2.31 bits per heavy atom. The number of halogens is 1. The van der Waals surface area contributed by atoms with E-state index in [4.69, 9.17) is 0 Å². The molecule has 2 unspecified atom stereocenters. The van der Waals surface area contributed by atoms with E-state index in [1.807, 2.05) is 13.8 Å². The molecule has 90 valence electrons. The fourth-order valence-electron chi connectivity index (χ4n) is 2.12. The minimum absolute atomic E-state index is 0.0401. The maximum absolute atomic E-state index is 14.0. The summed E-state index contributed by atoms with van der Waals surface area (Å²) in [4.78, 5) is 5.60. The lowest BCUT2D eigenvalue weighted by molar-refractivity contribution is 0.217. The molecule has 0 bridgehead atoms. The van der Waals surface area contributed by atoms with Gasteiger partial charge < -0.3 is 5.32 Å². The minimum atomic E-state index is -0.787. The third-order valence-electron chi connectivity index (χ3n) is 3.23. The summed E-state index contributed by atoms with van der Waals surface area (Å²) in [7, 11) is 0. The molecule has 4 heteroatoms. The van der Waals surface area contributed by atoms with Gasteiger partial charge in [-0.15, -0.1) is 11.3 Å². The molecule has 0 amide bonds. The molecule has 16 heavy (non-hydrogen) atoms. The normalized spacial score (nSPS) is 23.3. The van der Waals surface area contributed by atoms with Gasteiger partial charge in [0, 0.05) is 17.3 Å². The van der Waals surface area contributed by atoms with Gasteiger partial charge in [0.15, 0.2) is 0 Å². The third-order valence-corrected chi connectivity index (χ3v) is 4.32. The third kappa shape index (κ3) is 2.80. The molecule has 2 heterocycles. The highest BCUT2D eigenvalue weighted by Gasteiger charge is 2.24. The van der Waals surface area contributed by atoms with E-state index >= 15 is 0 Å². The van der Waals surface area contributed by atoms with E-state index in [0.29, 0.717) is 6.42 Å². The predicted octanol–water partition coefficient (Wildman–Crippen LogP) is 2.78. The molecule has 1 saturated heterocycles. The van der Waals surface area contributed by atoms with Gasteiger partial charge in [0.1, 0.15) is 6.17 Å². The Morgan fingerprint density at radius 3 is 2.88 bits per heavy atom. The summed E-state index contributed by atoms with van der Waals surface area (Å²) in [6, 6.07) is 0.0401. The highest BCUT2D eigenvalue weighted by molar-refractivity contribution is 7.11. The second kappa shape index (κ2) is 5.23. The second-order valence-corrected chi connectivity index (χ2v) is 5.81. The number of piperidine rings is 1. The number of nitrogens with one attached hydrogen (secondary N) is 1. The van der Waals surface area contributed by atoms with Gasteiger partial charge >= 0.3 is 0 Å². The molecule has 1 aliphatic heterocycles. The van der Waals surface area contributed by atoms with E-state index in [-0.39, 0.29) is 6.04 Å². The summed E-state index contributed by atoms with van der Waals surface area (Å²) in [5.74, 6) is 0. The van der Waals surface area contributed by atoms with Crippen LogP contribution in [0.15, 0.2) is 0 Å². The largest absolute Gasteiger partial charge is 0.311 e. The van der Waals surface area contributed by atoms with Crippen LogP contribution < -0.4 is 5.32 Å². The zero-order valence-corrected chi connectivity index (χ0v) is 10.7. The van der Waals surface area contributed by atoms with Crippen LogP contribution in [0.1, 0.15) is 34.8 Å². The van der Waals surface area contributed by atoms with Crippen molar-refractivity contribution in [2.24, 2.45) is 0 Å². The molecule has 1 aromatic heterocycles. The Labute approximate surface area is 100 Å². The van der Waals surface area contributed by atoms with Gasteiger partial charge in [-0.05, 0) is 33.2 Å². The summed E-state index contributed by atoms with van der Waals surface area (Å²) >= 11 is 1.63. The van der Waals surface area contributed by atoms with E-state index in [1.165, 1.54) is 11.3 Å². The number of rotatable bonds is 3. The minimum Gasteiger partial charge on any atom is -0.311 e. The van der Waals surface area contributed by atoms with E-state index in [0.717, 1.165) is 30.1 Å². The van der Waals surface area contributed by atoms with E-state index in [9.17, 15) is 4.39 Å². The van der Waals surface area contributed by atoms with Crippen molar-refractivity contribution in [2.75, 3.05) is 6.54 Å². The Kier molecular flexibility index (Phi) is 3.92. The number of aryl methyl sites for hydroxylation is 2. The van der Waals surface area contributed by atoms with Crippen molar-refractivity contribution in [3.05, 3.63) is 15.6 Å². The summed E-state index contributed by atoms with van der Waals surface area (Å²) in [5, 5.41) is 4.20. The summed E-state index contributed by atoms with van der Waals surface area (Å²) in [6.07, 6.45) is 2.97. The molecular formula is C12H19FN2S. The van der Waals surface area contributed by atoms with Crippen molar-refractivity contribution in [3.8, 4) is 0 Å². The first-order chi connectivity index (χ1) is 7.66. The number of hydrogen-bond donors (Lipinski definition) is 1. The molecule has 1 aromatic rings. The van der Waals surface area contributed by atoms with Crippen LogP contribution in [-0.4, -0.2) is 23.7 Å². The lowest BCUT2D eigenvalue weighted by Crippen LogP contribution is -2.42. The summed E-state index contributed by atoms with van der Waals surface area (Å²) < 4.78 is 14.0. The zero-order valence-electron chi connectivity index (χ0n) is 9.92. The standard InChI is InChI=1S/C12H19FN2S/c1-8-9(2)16-12(15-8)7-10(13)11-5-3-4-6-14-11/h10-11,14H,3-7H2,1-2H3. The first-order valence-corrected chi connectivity index (χ1v) is 6.79. The van der Waals surface area contributed by atoms with Crippen molar-refractivity contribution in [3.63, 3.8) is 0 Å². The average Bonchev–Trinajstić information content (AvgIpc) is 2.59. The lowest BCUT2D eigenvalue weighted by Gasteiger charge is -2.26. The quantitative estimate of drug-likeness (QED) is 0.881.